The van der Waals surface area contributed by atoms with Gasteiger partial charge in [0.15, 0.2) is 0 Å². The summed E-state index contributed by atoms with van der Waals surface area (Å²) in [6.45, 7) is 2.02. The van der Waals surface area contributed by atoms with E-state index in [0.717, 1.165) is 17.2 Å². The number of furan rings is 1. The first kappa shape index (κ1) is 12.9. The van der Waals surface area contributed by atoms with Crippen LogP contribution in [0.25, 0.3) is 5.57 Å². The predicted molar refractivity (Wildman–Crippen MR) is 73.7 cm³/mol. The lowest BCUT2D eigenvalue weighted by atomic mass is 10.0. The van der Waals surface area contributed by atoms with Gasteiger partial charge < -0.3 is 9.52 Å². The van der Waals surface area contributed by atoms with Crippen LogP contribution in [0, 0.1) is 6.92 Å². The van der Waals surface area contributed by atoms with Crippen molar-refractivity contribution in [2.24, 2.45) is 0 Å². The molecule has 1 N–H and O–H groups in total. The maximum Gasteiger partial charge on any atom is 0.328 e. The SMILES string of the molecule is Cc1ccc(/C(=C/C=C/C(=O)O)c2ccco2)cc1. The van der Waals surface area contributed by atoms with E-state index in [2.05, 4.69) is 0 Å². The summed E-state index contributed by atoms with van der Waals surface area (Å²) >= 11 is 0. The van der Waals surface area contributed by atoms with E-state index in [1.165, 1.54) is 11.6 Å². The monoisotopic (exact) mass is 254 g/mol. The van der Waals surface area contributed by atoms with Crippen LogP contribution in [0.15, 0.2) is 65.3 Å². The third-order valence-corrected chi connectivity index (χ3v) is 2.65. The topological polar surface area (TPSA) is 50.4 Å². The summed E-state index contributed by atoms with van der Waals surface area (Å²) in [4.78, 5) is 10.5. The average molecular weight is 254 g/mol. The van der Waals surface area contributed by atoms with E-state index in [-0.39, 0.29) is 0 Å². The highest BCUT2D eigenvalue weighted by molar-refractivity contribution is 5.82. The first-order valence-electron chi connectivity index (χ1n) is 5.89. The Morgan fingerprint density at radius 1 is 1.21 bits per heavy atom. The molecule has 1 aromatic carbocycles. The van der Waals surface area contributed by atoms with Crippen molar-refractivity contribution in [2.75, 3.05) is 0 Å². The third kappa shape index (κ3) is 3.45. The van der Waals surface area contributed by atoms with E-state index in [1.807, 2.05) is 37.3 Å². The van der Waals surface area contributed by atoms with Crippen LogP contribution in [-0.4, -0.2) is 11.1 Å². The molecule has 3 nitrogen and oxygen atoms in total. The number of aliphatic carboxylic acids is 1. The first-order chi connectivity index (χ1) is 9.16. The second-order valence-corrected chi connectivity index (χ2v) is 4.12. The van der Waals surface area contributed by atoms with Crippen molar-refractivity contribution in [2.45, 2.75) is 6.92 Å². The summed E-state index contributed by atoms with van der Waals surface area (Å²) in [5.74, 6) is -0.266. The Balaban J connectivity index is 2.40. The number of allylic oxidation sites excluding steroid dienone is 2. The van der Waals surface area contributed by atoms with Crippen molar-refractivity contribution in [1.29, 1.82) is 0 Å². The van der Waals surface area contributed by atoms with Crippen LogP contribution in [0.1, 0.15) is 16.9 Å². The van der Waals surface area contributed by atoms with Crippen molar-refractivity contribution in [3.05, 3.63) is 77.8 Å². The Kier molecular flexibility index (Phi) is 3.98. The van der Waals surface area contributed by atoms with Gasteiger partial charge in [-0.25, -0.2) is 4.79 Å². The Hall–Kier alpha value is -2.55. The molecule has 0 aliphatic heterocycles. The molecule has 0 fully saturated rings. The number of carbonyl (C=O) groups is 1. The van der Waals surface area contributed by atoms with Crippen LogP contribution in [-0.2, 0) is 4.79 Å². The van der Waals surface area contributed by atoms with Crippen LogP contribution in [0.4, 0.5) is 0 Å². The lowest BCUT2D eigenvalue weighted by Gasteiger charge is -2.04. The normalized spacial score (nSPS) is 11.9. The fourth-order valence-electron chi connectivity index (χ4n) is 1.71. The number of hydrogen-bond donors (Lipinski definition) is 1. The van der Waals surface area contributed by atoms with E-state index in [9.17, 15) is 4.79 Å². The average Bonchev–Trinajstić information content (AvgIpc) is 2.89. The molecule has 2 aromatic rings. The van der Waals surface area contributed by atoms with E-state index in [1.54, 1.807) is 18.4 Å². The van der Waals surface area contributed by atoms with Crippen molar-refractivity contribution in [3.8, 4) is 0 Å². The number of rotatable bonds is 4. The lowest BCUT2D eigenvalue weighted by molar-refractivity contribution is -0.131. The number of aryl methyl sites for hydroxylation is 1. The summed E-state index contributed by atoms with van der Waals surface area (Å²) in [6, 6.07) is 11.6. The molecule has 96 valence electrons. The maximum atomic E-state index is 10.5. The molecule has 0 aliphatic carbocycles. The highest BCUT2D eigenvalue weighted by Gasteiger charge is 2.06. The van der Waals surface area contributed by atoms with Gasteiger partial charge in [0, 0.05) is 11.6 Å². The lowest BCUT2D eigenvalue weighted by Crippen LogP contribution is -1.87. The highest BCUT2D eigenvalue weighted by Crippen LogP contribution is 2.24. The molecule has 0 saturated carbocycles. The van der Waals surface area contributed by atoms with Gasteiger partial charge in [-0.1, -0.05) is 42.0 Å². The zero-order valence-corrected chi connectivity index (χ0v) is 10.5. The number of hydrogen-bond acceptors (Lipinski definition) is 2. The quantitative estimate of drug-likeness (QED) is 0.669. The van der Waals surface area contributed by atoms with Crippen LogP contribution < -0.4 is 0 Å². The van der Waals surface area contributed by atoms with Gasteiger partial charge in [-0.15, -0.1) is 0 Å². The Labute approximate surface area is 111 Å². The standard InChI is InChI=1S/C16H14O3/c1-12-7-9-13(10-8-12)14(4-2-6-16(17)18)15-5-3-11-19-15/h2-11H,1H3,(H,17,18)/b6-2+,14-4-. The first-order valence-corrected chi connectivity index (χ1v) is 5.89. The predicted octanol–water partition coefficient (Wildman–Crippen LogP) is 3.66. The zero-order valence-electron chi connectivity index (χ0n) is 10.5. The van der Waals surface area contributed by atoms with Gasteiger partial charge in [-0.2, -0.15) is 0 Å². The number of benzene rings is 1. The van der Waals surface area contributed by atoms with Crippen LogP contribution in [0.3, 0.4) is 0 Å². The summed E-state index contributed by atoms with van der Waals surface area (Å²) in [6.07, 6.45) is 5.92. The smallest absolute Gasteiger partial charge is 0.328 e. The van der Waals surface area contributed by atoms with Crippen LogP contribution in [0.2, 0.25) is 0 Å². The van der Waals surface area contributed by atoms with Gasteiger partial charge in [0.25, 0.3) is 0 Å². The van der Waals surface area contributed by atoms with Gasteiger partial charge in [-0.05, 0) is 24.6 Å². The molecule has 0 saturated heterocycles. The van der Waals surface area contributed by atoms with Crippen molar-refractivity contribution >= 4 is 11.5 Å². The summed E-state index contributed by atoms with van der Waals surface area (Å²) in [5.41, 5.74) is 3.00. The van der Waals surface area contributed by atoms with E-state index in [0.29, 0.717) is 5.76 Å². The largest absolute Gasteiger partial charge is 0.478 e. The molecular formula is C16H14O3. The Bertz CT molecular complexity index is 602. The van der Waals surface area contributed by atoms with Gasteiger partial charge in [0.05, 0.1) is 6.26 Å². The molecule has 0 unspecified atom stereocenters. The van der Waals surface area contributed by atoms with Crippen molar-refractivity contribution in [3.63, 3.8) is 0 Å². The minimum atomic E-state index is -0.973. The Morgan fingerprint density at radius 2 is 1.95 bits per heavy atom. The van der Waals surface area contributed by atoms with Gasteiger partial charge >= 0.3 is 5.97 Å². The zero-order chi connectivity index (χ0) is 13.7. The second-order valence-electron chi connectivity index (χ2n) is 4.12. The van der Waals surface area contributed by atoms with E-state index < -0.39 is 5.97 Å². The molecular weight excluding hydrogens is 240 g/mol. The molecule has 2 rings (SSSR count). The molecule has 0 amide bonds. The molecule has 1 aromatic heterocycles. The van der Waals surface area contributed by atoms with Crippen molar-refractivity contribution < 1.29 is 14.3 Å². The minimum Gasteiger partial charge on any atom is -0.478 e. The number of carboxylic acid groups (broad SMARTS) is 1. The minimum absolute atomic E-state index is 0.707. The van der Waals surface area contributed by atoms with Gasteiger partial charge in [0.1, 0.15) is 5.76 Å². The van der Waals surface area contributed by atoms with E-state index in [4.69, 9.17) is 9.52 Å². The molecule has 0 radical (unpaired) electrons. The molecule has 0 atom stereocenters. The Morgan fingerprint density at radius 3 is 2.53 bits per heavy atom. The molecule has 0 aliphatic rings. The maximum absolute atomic E-state index is 10.5. The van der Waals surface area contributed by atoms with Gasteiger partial charge in [0.2, 0.25) is 0 Å². The second kappa shape index (κ2) is 5.87. The van der Waals surface area contributed by atoms with E-state index >= 15 is 0 Å². The molecule has 0 spiro atoms. The van der Waals surface area contributed by atoms with Crippen molar-refractivity contribution in [1.82, 2.24) is 0 Å². The fraction of sp³-hybridized carbons (Fsp3) is 0.0625. The summed E-state index contributed by atoms with van der Waals surface area (Å²) in [5, 5.41) is 8.62. The molecule has 3 heteroatoms. The molecule has 1 heterocycles. The highest BCUT2D eigenvalue weighted by atomic mass is 16.4. The fourth-order valence-corrected chi connectivity index (χ4v) is 1.71. The summed E-state index contributed by atoms with van der Waals surface area (Å²) < 4.78 is 5.39. The molecule has 19 heavy (non-hydrogen) atoms. The molecule has 0 bridgehead atoms. The third-order valence-electron chi connectivity index (χ3n) is 2.65. The van der Waals surface area contributed by atoms with Gasteiger partial charge in [-0.3, -0.25) is 0 Å². The number of carboxylic acids is 1. The van der Waals surface area contributed by atoms with Crippen LogP contribution >= 0.6 is 0 Å². The summed E-state index contributed by atoms with van der Waals surface area (Å²) in [7, 11) is 0. The van der Waals surface area contributed by atoms with Crippen LogP contribution in [0.5, 0.6) is 0 Å².